The van der Waals surface area contributed by atoms with Gasteiger partial charge in [0.2, 0.25) is 5.89 Å². The van der Waals surface area contributed by atoms with Gasteiger partial charge in [-0.25, -0.2) is 4.98 Å². The molecular weight excluding hydrogens is 288 g/mol. The van der Waals surface area contributed by atoms with Crippen LogP contribution in [0.25, 0.3) is 0 Å². The van der Waals surface area contributed by atoms with Crippen molar-refractivity contribution < 1.29 is 9.15 Å². The van der Waals surface area contributed by atoms with Gasteiger partial charge in [0.15, 0.2) is 11.8 Å². The number of aromatic nitrogens is 4. The molecule has 0 N–H and O–H groups in total. The van der Waals surface area contributed by atoms with Crippen molar-refractivity contribution in [1.82, 2.24) is 19.7 Å². The van der Waals surface area contributed by atoms with E-state index in [1.807, 2.05) is 48.1 Å². The number of hydrogen-bond donors (Lipinski definition) is 0. The van der Waals surface area contributed by atoms with Crippen LogP contribution in [0.1, 0.15) is 11.8 Å². The van der Waals surface area contributed by atoms with Crippen LogP contribution in [-0.4, -0.2) is 19.7 Å². The minimum atomic E-state index is 0.268. The van der Waals surface area contributed by atoms with Crippen LogP contribution < -0.4 is 4.74 Å². The lowest BCUT2D eigenvalue weighted by molar-refractivity contribution is 0.260. The Balaban J connectivity index is 1.53. The van der Waals surface area contributed by atoms with Crippen molar-refractivity contribution >= 4 is 11.8 Å². The van der Waals surface area contributed by atoms with Gasteiger partial charge in [-0.05, 0) is 12.1 Å². The third-order valence-electron chi connectivity index (χ3n) is 2.72. The number of para-hydroxylation sites is 1. The van der Waals surface area contributed by atoms with E-state index in [9.17, 15) is 0 Å². The van der Waals surface area contributed by atoms with Crippen LogP contribution in [0, 0.1) is 0 Å². The van der Waals surface area contributed by atoms with Gasteiger partial charge < -0.3 is 13.7 Å². The lowest BCUT2D eigenvalue weighted by Crippen LogP contribution is -1.95. The smallest absolute Gasteiger partial charge is 0.253 e. The zero-order chi connectivity index (χ0) is 14.5. The van der Waals surface area contributed by atoms with Crippen LogP contribution in [0.3, 0.4) is 0 Å². The highest BCUT2D eigenvalue weighted by Crippen LogP contribution is 2.20. The van der Waals surface area contributed by atoms with Crippen molar-refractivity contribution in [2.75, 3.05) is 0 Å². The lowest BCUT2D eigenvalue weighted by atomic mass is 10.3. The highest BCUT2D eigenvalue weighted by molar-refractivity contribution is 7.98. The summed E-state index contributed by atoms with van der Waals surface area (Å²) in [5.74, 6) is 2.40. The first-order valence-corrected chi connectivity index (χ1v) is 7.39. The van der Waals surface area contributed by atoms with E-state index < -0.39 is 0 Å². The second-order valence-electron chi connectivity index (χ2n) is 4.30. The molecule has 0 saturated heterocycles. The quantitative estimate of drug-likeness (QED) is 0.652. The van der Waals surface area contributed by atoms with Gasteiger partial charge in [-0.3, -0.25) is 0 Å². The number of ether oxygens (including phenoxy) is 1. The standard InChI is InChI=1S/C14H14N4O2S/c1-18-8-7-15-14(18)21-10-13-17-16-12(20-13)9-19-11-5-3-2-4-6-11/h2-8H,9-10H2,1H3. The first-order chi connectivity index (χ1) is 10.3. The molecule has 0 unspecified atom stereocenters. The van der Waals surface area contributed by atoms with E-state index in [1.54, 1.807) is 18.0 Å². The molecule has 0 spiro atoms. The second kappa shape index (κ2) is 6.45. The maximum atomic E-state index is 5.56. The van der Waals surface area contributed by atoms with Gasteiger partial charge in [0.05, 0.1) is 5.75 Å². The van der Waals surface area contributed by atoms with E-state index in [0.29, 0.717) is 17.5 Å². The largest absolute Gasteiger partial charge is 0.484 e. The maximum absolute atomic E-state index is 5.56. The Hall–Kier alpha value is -2.28. The molecule has 6 nitrogen and oxygen atoms in total. The number of imidazole rings is 1. The molecular formula is C14H14N4O2S. The third-order valence-corrected chi connectivity index (χ3v) is 3.76. The average molecular weight is 302 g/mol. The van der Waals surface area contributed by atoms with E-state index in [2.05, 4.69) is 15.2 Å². The van der Waals surface area contributed by atoms with Crippen LogP contribution in [0.15, 0.2) is 52.3 Å². The van der Waals surface area contributed by atoms with Gasteiger partial charge in [-0.2, -0.15) is 0 Å². The fraction of sp³-hybridized carbons (Fsp3) is 0.214. The molecule has 0 amide bonds. The first-order valence-electron chi connectivity index (χ1n) is 6.40. The van der Waals surface area contributed by atoms with E-state index in [-0.39, 0.29) is 6.61 Å². The molecule has 0 atom stereocenters. The van der Waals surface area contributed by atoms with Crippen molar-refractivity contribution in [3.8, 4) is 5.75 Å². The van der Waals surface area contributed by atoms with E-state index in [4.69, 9.17) is 9.15 Å². The second-order valence-corrected chi connectivity index (χ2v) is 5.24. The Bertz CT molecular complexity index is 696. The lowest BCUT2D eigenvalue weighted by Gasteiger charge is -2.01. The van der Waals surface area contributed by atoms with Crippen molar-refractivity contribution in [3.05, 3.63) is 54.5 Å². The van der Waals surface area contributed by atoms with Gasteiger partial charge >= 0.3 is 0 Å². The molecule has 3 aromatic rings. The molecule has 1 aromatic carbocycles. The minimum Gasteiger partial charge on any atom is -0.484 e. The molecule has 0 aliphatic rings. The summed E-state index contributed by atoms with van der Waals surface area (Å²) in [4.78, 5) is 4.23. The first kappa shape index (κ1) is 13.7. The van der Waals surface area contributed by atoms with E-state index in [1.165, 1.54) is 0 Å². The van der Waals surface area contributed by atoms with Gasteiger partial charge in [0, 0.05) is 19.4 Å². The normalized spacial score (nSPS) is 10.7. The van der Waals surface area contributed by atoms with Crippen molar-refractivity contribution in [2.24, 2.45) is 7.05 Å². The van der Waals surface area contributed by atoms with Gasteiger partial charge in [-0.15, -0.1) is 10.2 Å². The fourth-order valence-electron chi connectivity index (χ4n) is 1.68. The summed E-state index contributed by atoms with van der Waals surface area (Å²) in [5.41, 5.74) is 0. The number of nitrogens with zero attached hydrogens (tertiary/aromatic N) is 4. The number of benzene rings is 1. The summed E-state index contributed by atoms with van der Waals surface area (Å²) >= 11 is 1.55. The van der Waals surface area contributed by atoms with Crippen molar-refractivity contribution in [3.63, 3.8) is 0 Å². The molecule has 2 aromatic heterocycles. The Labute approximate surface area is 126 Å². The SMILES string of the molecule is Cn1ccnc1SCc1nnc(COc2ccccc2)o1. The zero-order valence-electron chi connectivity index (χ0n) is 11.5. The van der Waals surface area contributed by atoms with E-state index in [0.717, 1.165) is 10.9 Å². The van der Waals surface area contributed by atoms with Gasteiger partial charge in [0.25, 0.3) is 5.89 Å². The summed E-state index contributed by atoms with van der Waals surface area (Å²) in [5, 5.41) is 8.89. The van der Waals surface area contributed by atoms with Crippen LogP contribution in [0.2, 0.25) is 0 Å². The summed E-state index contributed by atoms with van der Waals surface area (Å²) in [6.45, 7) is 0.268. The molecule has 0 bridgehead atoms. The fourth-order valence-corrected chi connectivity index (χ4v) is 2.45. The Kier molecular flexibility index (Phi) is 4.20. The molecule has 2 heterocycles. The topological polar surface area (TPSA) is 66.0 Å². The maximum Gasteiger partial charge on any atom is 0.253 e. The Morgan fingerprint density at radius 3 is 2.76 bits per heavy atom. The number of aryl methyl sites for hydroxylation is 1. The average Bonchev–Trinajstić information content (AvgIpc) is 3.13. The molecule has 108 valence electrons. The number of thioether (sulfide) groups is 1. The molecule has 21 heavy (non-hydrogen) atoms. The molecule has 0 fully saturated rings. The molecule has 3 rings (SSSR count). The summed E-state index contributed by atoms with van der Waals surface area (Å²) in [6.07, 6.45) is 3.66. The third kappa shape index (κ3) is 3.63. The molecule has 0 aliphatic heterocycles. The van der Waals surface area contributed by atoms with Crippen molar-refractivity contribution in [1.29, 1.82) is 0 Å². The van der Waals surface area contributed by atoms with Crippen LogP contribution in [0.4, 0.5) is 0 Å². The Morgan fingerprint density at radius 2 is 2.00 bits per heavy atom. The number of rotatable bonds is 6. The van der Waals surface area contributed by atoms with Gasteiger partial charge in [0.1, 0.15) is 5.75 Å². The zero-order valence-corrected chi connectivity index (χ0v) is 12.3. The summed E-state index contributed by atoms with van der Waals surface area (Å²) < 4.78 is 13.0. The van der Waals surface area contributed by atoms with Crippen molar-refractivity contribution in [2.45, 2.75) is 17.5 Å². The van der Waals surface area contributed by atoms with Gasteiger partial charge in [-0.1, -0.05) is 30.0 Å². The highest BCUT2D eigenvalue weighted by atomic mass is 32.2. The van der Waals surface area contributed by atoms with Crippen LogP contribution in [-0.2, 0) is 19.4 Å². The predicted molar refractivity (Wildman–Crippen MR) is 77.8 cm³/mol. The highest BCUT2D eigenvalue weighted by Gasteiger charge is 2.09. The minimum absolute atomic E-state index is 0.268. The Morgan fingerprint density at radius 1 is 1.19 bits per heavy atom. The van der Waals surface area contributed by atoms with E-state index >= 15 is 0 Å². The van der Waals surface area contributed by atoms with Crippen LogP contribution in [0.5, 0.6) is 5.75 Å². The monoisotopic (exact) mass is 302 g/mol. The molecule has 7 heteroatoms. The summed E-state index contributed by atoms with van der Waals surface area (Å²) in [7, 11) is 1.95. The summed E-state index contributed by atoms with van der Waals surface area (Å²) in [6, 6.07) is 9.53. The molecule has 0 radical (unpaired) electrons. The molecule has 0 saturated carbocycles. The molecule has 0 aliphatic carbocycles. The van der Waals surface area contributed by atoms with Crippen LogP contribution >= 0.6 is 11.8 Å². The number of hydrogen-bond acceptors (Lipinski definition) is 6. The predicted octanol–water partition coefficient (Wildman–Crippen LogP) is 2.67.